The Kier molecular flexibility index (Phi) is 5.20. The van der Waals surface area contributed by atoms with Gasteiger partial charge in [-0.1, -0.05) is 35.3 Å². The van der Waals surface area contributed by atoms with Gasteiger partial charge in [0, 0.05) is 15.5 Å². The number of Topliss-reactive ketones (excluding diaryl/α,β-unsaturated/α-hetero) is 1. The largest absolute Gasteiger partial charge is 0.293 e. The van der Waals surface area contributed by atoms with Crippen molar-refractivity contribution >= 4 is 39.8 Å². The summed E-state index contributed by atoms with van der Waals surface area (Å²) in [5, 5.41) is 0.0649. The first-order valence-electron chi connectivity index (χ1n) is 6.36. The lowest BCUT2D eigenvalue weighted by Gasteiger charge is -2.12. The van der Waals surface area contributed by atoms with Gasteiger partial charge in [-0.05, 0) is 49.7 Å². The van der Waals surface area contributed by atoms with Crippen LogP contribution in [0.4, 0.5) is 0 Å². The topological polar surface area (TPSA) is 34.1 Å². The lowest BCUT2D eigenvalue weighted by Crippen LogP contribution is -2.23. The molecule has 0 saturated heterocycles. The minimum atomic E-state index is -1.42. The Balaban J connectivity index is 2.28. The van der Waals surface area contributed by atoms with Gasteiger partial charge in [0.25, 0.3) is 0 Å². The van der Waals surface area contributed by atoms with Gasteiger partial charge >= 0.3 is 0 Å². The number of carbonyl (C=O) groups is 1. The van der Waals surface area contributed by atoms with Crippen LogP contribution in [0, 0.1) is 6.92 Å². The maximum atomic E-state index is 12.5. The van der Waals surface area contributed by atoms with E-state index >= 15 is 0 Å². The molecule has 2 unspecified atom stereocenters. The number of hydrogen-bond acceptors (Lipinski definition) is 2. The summed E-state index contributed by atoms with van der Waals surface area (Å²) < 4.78 is 12.5. The van der Waals surface area contributed by atoms with Crippen molar-refractivity contribution in [3.8, 4) is 0 Å². The van der Waals surface area contributed by atoms with Crippen molar-refractivity contribution in [1.82, 2.24) is 0 Å². The standard InChI is InChI=1S/C16H14Cl2O2S/c1-10-4-3-5-13(8-10)21(20)11(2)16(19)14-7-6-12(17)9-15(14)18/h3-9,11H,1-2H3. The molecule has 2 rings (SSSR count). The fourth-order valence-corrected chi connectivity index (χ4v) is 3.70. The lowest BCUT2D eigenvalue weighted by molar-refractivity contribution is 0.0993. The van der Waals surface area contributed by atoms with E-state index in [2.05, 4.69) is 0 Å². The summed E-state index contributed by atoms with van der Waals surface area (Å²) in [6.45, 7) is 3.56. The van der Waals surface area contributed by atoms with Gasteiger partial charge in [-0.25, -0.2) is 0 Å². The van der Waals surface area contributed by atoms with Crippen molar-refractivity contribution < 1.29 is 9.00 Å². The van der Waals surface area contributed by atoms with Gasteiger partial charge in [-0.3, -0.25) is 9.00 Å². The van der Waals surface area contributed by atoms with Crippen LogP contribution in [0.1, 0.15) is 22.8 Å². The monoisotopic (exact) mass is 340 g/mol. The molecule has 21 heavy (non-hydrogen) atoms. The third-order valence-corrected chi connectivity index (χ3v) is 5.23. The van der Waals surface area contributed by atoms with Gasteiger partial charge in [0.15, 0.2) is 5.78 Å². The van der Waals surface area contributed by atoms with Gasteiger partial charge in [-0.15, -0.1) is 0 Å². The maximum Gasteiger partial charge on any atom is 0.179 e. The van der Waals surface area contributed by atoms with E-state index in [0.717, 1.165) is 5.56 Å². The third-order valence-electron chi connectivity index (χ3n) is 3.11. The second kappa shape index (κ2) is 6.73. The summed E-state index contributed by atoms with van der Waals surface area (Å²) in [6.07, 6.45) is 0. The first kappa shape index (κ1) is 16.2. The predicted molar refractivity (Wildman–Crippen MR) is 87.8 cm³/mol. The second-order valence-electron chi connectivity index (χ2n) is 4.74. The van der Waals surface area contributed by atoms with Gasteiger partial charge in [-0.2, -0.15) is 0 Å². The number of benzene rings is 2. The maximum absolute atomic E-state index is 12.5. The number of hydrogen-bond donors (Lipinski definition) is 0. The van der Waals surface area contributed by atoms with E-state index in [0.29, 0.717) is 15.5 Å². The van der Waals surface area contributed by atoms with Crippen molar-refractivity contribution in [2.75, 3.05) is 0 Å². The summed E-state index contributed by atoms with van der Waals surface area (Å²) in [6, 6.07) is 12.0. The SMILES string of the molecule is Cc1cccc(S(=O)C(C)C(=O)c2ccc(Cl)cc2Cl)c1. The fourth-order valence-electron chi connectivity index (χ4n) is 1.95. The van der Waals surface area contributed by atoms with Crippen LogP contribution in [0.25, 0.3) is 0 Å². The van der Waals surface area contributed by atoms with Crippen LogP contribution in [0.2, 0.25) is 10.0 Å². The van der Waals surface area contributed by atoms with Gasteiger partial charge < -0.3 is 0 Å². The molecule has 110 valence electrons. The van der Waals surface area contributed by atoms with Crippen molar-refractivity contribution in [3.05, 3.63) is 63.6 Å². The van der Waals surface area contributed by atoms with Gasteiger partial charge in [0.1, 0.15) is 0 Å². The molecular weight excluding hydrogens is 327 g/mol. The molecule has 0 fully saturated rings. The highest BCUT2D eigenvalue weighted by molar-refractivity contribution is 7.86. The number of aryl methyl sites for hydroxylation is 1. The van der Waals surface area contributed by atoms with Crippen molar-refractivity contribution in [2.45, 2.75) is 24.0 Å². The van der Waals surface area contributed by atoms with Crippen molar-refractivity contribution in [2.24, 2.45) is 0 Å². The molecule has 0 aliphatic carbocycles. The van der Waals surface area contributed by atoms with E-state index in [1.807, 2.05) is 25.1 Å². The molecule has 2 aromatic rings. The Bertz CT molecular complexity index is 713. The molecule has 2 aromatic carbocycles. The molecule has 0 spiro atoms. The van der Waals surface area contributed by atoms with Gasteiger partial charge in [0.05, 0.1) is 21.1 Å². The van der Waals surface area contributed by atoms with Crippen LogP contribution in [-0.4, -0.2) is 15.2 Å². The summed E-state index contributed by atoms with van der Waals surface area (Å²) in [5.74, 6) is -0.253. The third kappa shape index (κ3) is 3.73. The summed E-state index contributed by atoms with van der Waals surface area (Å²) in [7, 11) is -1.42. The molecule has 0 aliphatic heterocycles. The van der Waals surface area contributed by atoms with Crippen LogP contribution in [0.3, 0.4) is 0 Å². The Morgan fingerprint density at radius 2 is 1.86 bits per heavy atom. The van der Waals surface area contributed by atoms with Crippen LogP contribution >= 0.6 is 23.2 Å². The average molecular weight is 341 g/mol. The highest BCUT2D eigenvalue weighted by Gasteiger charge is 2.24. The molecule has 5 heteroatoms. The summed E-state index contributed by atoms with van der Waals surface area (Å²) >= 11 is 11.9. The van der Waals surface area contributed by atoms with Crippen LogP contribution in [-0.2, 0) is 10.8 Å². The minimum Gasteiger partial charge on any atom is -0.293 e. The molecular formula is C16H14Cl2O2S. The lowest BCUT2D eigenvalue weighted by atomic mass is 10.1. The number of rotatable bonds is 4. The van der Waals surface area contributed by atoms with E-state index in [1.165, 1.54) is 6.07 Å². The smallest absolute Gasteiger partial charge is 0.179 e. The Morgan fingerprint density at radius 1 is 1.14 bits per heavy atom. The Hall–Kier alpha value is -1.16. The van der Waals surface area contributed by atoms with E-state index in [9.17, 15) is 9.00 Å². The Labute approximate surface area is 136 Å². The average Bonchev–Trinajstić information content (AvgIpc) is 2.45. The number of carbonyl (C=O) groups excluding carboxylic acids is 1. The summed E-state index contributed by atoms with van der Waals surface area (Å²) in [4.78, 5) is 13.1. The summed E-state index contributed by atoms with van der Waals surface area (Å²) in [5.41, 5.74) is 1.35. The zero-order valence-corrected chi connectivity index (χ0v) is 13.9. The molecule has 0 saturated carbocycles. The highest BCUT2D eigenvalue weighted by Crippen LogP contribution is 2.24. The van der Waals surface area contributed by atoms with E-state index in [-0.39, 0.29) is 10.8 Å². The van der Waals surface area contributed by atoms with E-state index in [1.54, 1.807) is 25.1 Å². The Morgan fingerprint density at radius 3 is 2.48 bits per heavy atom. The van der Waals surface area contributed by atoms with Crippen molar-refractivity contribution in [3.63, 3.8) is 0 Å². The molecule has 0 N–H and O–H groups in total. The van der Waals surface area contributed by atoms with Crippen LogP contribution in [0.5, 0.6) is 0 Å². The first-order valence-corrected chi connectivity index (χ1v) is 8.33. The molecule has 0 aliphatic rings. The molecule has 0 amide bonds. The predicted octanol–water partition coefficient (Wildman–Crippen LogP) is 4.68. The van der Waals surface area contributed by atoms with E-state index < -0.39 is 16.0 Å². The zero-order chi connectivity index (χ0) is 15.6. The second-order valence-corrected chi connectivity index (χ2v) is 7.36. The zero-order valence-electron chi connectivity index (χ0n) is 11.6. The molecule has 0 radical (unpaired) electrons. The first-order chi connectivity index (χ1) is 9.90. The normalized spacial score (nSPS) is 13.7. The van der Waals surface area contributed by atoms with Gasteiger partial charge in [0.2, 0.25) is 0 Å². The highest BCUT2D eigenvalue weighted by atomic mass is 35.5. The molecule has 0 heterocycles. The van der Waals surface area contributed by atoms with Crippen LogP contribution < -0.4 is 0 Å². The molecule has 2 atom stereocenters. The molecule has 2 nitrogen and oxygen atoms in total. The number of halogens is 2. The quantitative estimate of drug-likeness (QED) is 0.757. The minimum absolute atomic E-state index is 0.253. The van der Waals surface area contributed by atoms with E-state index in [4.69, 9.17) is 23.2 Å². The van der Waals surface area contributed by atoms with Crippen molar-refractivity contribution in [1.29, 1.82) is 0 Å². The molecule has 0 bridgehead atoms. The molecule has 0 aromatic heterocycles. The fraction of sp³-hybridized carbons (Fsp3) is 0.188. The van der Waals surface area contributed by atoms with Crippen LogP contribution in [0.15, 0.2) is 47.4 Å². The number of ketones is 1.